The average Bonchev–Trinajstić information content (AvgIpc) is 1.30. The van der Waals surface area contributed by atoms with Crippen LogP contribution < -0.4 is 5.09 Å². The highest BCUT2D eigenvalue weighted by Crippen LogP contribution is 2.27. The topological polar surface area (TPSA) is 52.5 Å². The fraction of sp³-hybridized carbons (Fsp3) is 1.00. The van der Waals surface area contributed by atoms with Crippen LogP contribution in [-0.4, -0.2) is 16.3 Å². The maximum atomic E-state index is 8.39. The van der Waals surface area contributed by atoms with Gasteiger partial charge in [-0.05, 0) is 11.8 Å². The molecule has 0 radical (unpaired) electrons. The predicted molar refractivity (Wildman–Crippen MR) is 32.4 cm³/mol. The van der Waals surface area contributed by atoms with E-state index in [-0.39, 0.29) is 0 Å². The average molecular weight is 141 g/mol. The Balaban J connectivity index is 3.36. The molecule has 0 aromatic heterocycles. The highest BCUT2D eigenvalue weighted by Gasteiger charge is 2.00. The summed E-state index contributed by atoms with van der Waals surface area (Å²) in [4.78, 5) is 16.8. The number of nitrogens with one attached hydrogen (secondary N) is 1. The minimum absolute atomic E-state index is 0.504. The molecule has 0 aromatic rings. The summed E-state index contributed by atoms with van der Waals surface area (Å²) in [6.07, 6.45) is 0. The Morgan fingerprint density at radius 3 is 2.14 bits per heavy atom. The summed E-state index contributed by atoms with van der Waals surface area (Å²) in [6.45, 7) is -0.821. The van der Waals surface area contributed by atoms with Crippen LogP contribution in [0.3, 0.4) is 0 Å². The molecule has 3 nitrogen and oxygen atoms in total. The highest BCUT2D eigenvalue weighted by atomic mass is 32.5. The zero-order chi connectivity index (χ0) is 5.91. The van der Waals surface area contributed by atoms with Crippen molar-refractivity contribution in [1.29, 1.82) is 0 Å². The second-order valence-corrected chi connectivity index (χ2v) is 3.99. The van der Waals surface area contributed by atoms with E-state index in [1.807, 2.05) is 0 Å². The Hall–Kier alpha value is 0.530. The molecule has 0 amide bonds. The van der Waals surface area contributed by atoms with E-state index in [4.69, 9.17) is 9.79 Å². The van der Waals surface area contributed by atoms with Gasteiger partial charge in [0.15, 0.2) is 0 Å². The first kappa shape index (κ1) is 7.53. The standard InChI is InChI=1S/C2H8NO2PS/c1-2-3-6(4,5)7/h2H2,1H3,(H3,3,4,5,7). The summed E-state index contributed by atoms with van der Waals surface area (Å²) < 4.78 is 0. The van der Waals surface area contributed by atoms with Crippen LogP contribution in [0.4, 0.5) is 0 Å². The third-order valence-electron chi connectivity index (χ3n) is 0.364. The van der Waals surface area contributed by atoms with E-state index in [0.717, 1.165) is 0 Å². The van der Waals surface area contributed by atoms with Gasteiger partial charge in [0.05, 0.1) is 0 Å². The predicted octanol–water partition coefficient (Wildman–Crippen LogP) is -0.195. The molecule has 0 saturated carbocycles. The van der Waals surface area contributed by atoms with Crippen molar-refractivity contribution >= 4 is 18.4 Å². The summed E-state index contributed by atoms with van der Waals surface area (Å²) in [5, 5.41) is 2.32. The summed E-state index contributed by atoms with van der Waals surface area (Å²) >= 11 is 4.20. The van der Waals surface area contributed by atoms with Crippen LogP contribution in [0.1, 0.15) is 6.92 Å². The molecular formula is C2H8NO2PS. The Morgan fingerprint density at radius 1 is 1.71 bits per heavy atom. The van der Waals surface area contributed by atoms with Gasteiger partial charge in [0.1, 0.15) is 0 Å². The van der Waals surface area contributed by atoms with Gasteiger partial charge < -0.3 is 9.79 Å². The Labute approximate surface area is 47.6 Å². The van der Waals surface area contributed by atoms with E-state index in [1.54, 1.807) is 6.92 Å². The molecule has 0 heterocycles. The summed E-state index contributed by atoms with van der Waals surface area (Å²) in [5.74, 6) is 0. The van der Waals surface area contributed by atoms with Gasteiger partial charge >= 0.3 is 0 Å². The van der Waals surface area contributed by atoms with Crippen molar-refractivity contribution in [2.24, 2.45) is 0 Å². The Bertz CT molecular complexity index is 89.7. The second-order valence-electron chi connectivity index (χ2n) is 1.06. The van der Waals surface area contributed by atoms with E-state index >= 15 is 0 Å². The zero-order valence-corrected chi connectivity index (χ0v) is 5.67. The van der Waals surface area contributed by atoms with E-state index in [0.29, 0.717) is 6.54 Å². The maximum Gasteiger partial charge on any atom is 0.255 e. The lowest BCUT2D eigenvalue weighted by Crippen LogP contribution is -2.06. The van der Waals surface area contributed by atoms with E-state index in [9.17, 15) is 0 Å². The van der Waals surface area contributed by atoms with Gasteiger partial charge in [0, 0.05) is 6.54 Å². The molecule has 0 aliphatic rings. The number of hydrogen-bond donors (Lipinski definition) is 3. The molecule has 44 valence electrons. The fourth-order valence-corrected chi connectivity index (χ4v) is 1.01. The first-order valence-corrected chi connectivity index (χ1v) is 4.57. The Morgan fingerprint density at radius 2 is 2.14 bits per heavy atom. The highest BCUT2D eigenvalue weighted by molar-refractivity contribution is 8.08. The van der Waals surface area contributed by atoms with E-state index in [2.05, 4.69) is 16.9 Å². The second kappa shape index (κ2) is 2.74. The van der Waals surface area contributed by atoms with Crippen molar-refractivity contribution < 1.29 is 9.79 Å². The molecule has 5 heteroatoms. The Kier molecular flexibility index (Phi) is 2.95. The lowest BCUT2D eigenvalue weighted by Gasteiger charge is -2.04. The van der Waals surface area contributed by atoms with Crippen LogP contribution in [0.15, 0.2) is 0 Å². The van der Waals surface area contributed by atoms with Gasteiger partial charge in [-0.15, -0.1) is 0 Å². The van der Waals surface area contributed by atoms with Crippen molar-refractivity contribution in [1.82, 2.24) is 5.09 Å². The summed E-state index contributed by atoms with van der Waals surface area (Å²) in [5.41, 5.74) is 0. The van der Waals surface area contributed by atoms with Gasteiger partial charge in [-0.3, -0.25) is 0 Å². The van der Waals surface area contributed by atoms with Crippen LogP contribution in [0.2, 0.25) is 0 Å². The van der Waals surface area contributed by atoms with E-state index < -0.39 is 6.64 Å². The third kappa shape index (κ3) is 6.53. The minimum atomic E-state index is -3.08. The first-order chi connectivity index (χ1) is 3.06. The number of rotatable bonds is 2. The van der Waals surface area contributed by atoms with Gasteiger partial charge in [-0.2, -0.15) is 0 Å². The van der Waals surface area contributed by atoms with E-state index in [1.165, 1.54) is 0 Å². The largest absolute Gasteiger partial charge is 0.334 e. The molecule has 3 N–H and O–H groups in total. The summed E-state index contributed by atoms with van der Waals surface area (Å²) in [7, 11) is 0. The fourth-order valence-electron chi connectivity index (χ4n) is 0.206. The molecule has 0 atom stereocenters. The quantitative estimate of drug-likeness (QED) is 0.466. The molecule has 0 fully saturated rings. The maximum absolute atomic E-state index is 8.39. The van der Waals surface area contributed by atoms with Crippen LogP contribution in [0.25, 0.3) is 0 Å². The lowest BCUT2D eigenvalue weighted by molar-refractivity contribution is 0.463. The van der Waals surface area contributed by atoms with Crippen LogP contribution >= 0.6 is 6.64 Å². The number of hydrogen-bond acceptors (Lipinski definition) is 1. The molecule has 7 heavy (non-hydrogen) atoms. The molecule has 0 saturated heterocycles. The lowest BCUT2D eigenvalue weighted by atomic mass is 10.8. The third-order valence-corrected chi connectivity index (χ3v) is 1.48. The van der Waals surface area contributed by atoms with Gasteiger partial charge in [0.2, 0.25) is 0 Å². The summed E-state index contributed by atoms with van der Waals surface area (Å²) in [6, 6.07) is 0. The van der Waals surface area contributed by atoms with Gasteiger partial charge in [-0.1, -0.05) is 6.92 Å². The molecule has 0 aliphatic carbocycles. The monoisotopic (exact) mass is 141 g/mol. The molecule has 0 aliphatic heterocycles. The molecular weight excluding hydrogens is 133 g/mol. The molecule has 0 aromatic carbocycles. The minimum Gasteiger partial charge on any atom is -0.334 e. The molecule has 0 unspecified atom stereocenters. The van der Waals surface area contributed by atoms with Gasteiger partial charge in [0.25, 0.3) is 6.64 Å². The van der Waals surface area contributed by atoms with Crippen LogP contribution in [-0.2, 0) is 11.8 Å². The normalized spacial score (nSPS) is 11.9. The first-order valence-electron chi connectivity index (χ1n) is 1.87. The molecule has 0 rings (SSSR count). The SMILES string of the molecule is CCNP(O)(O)=S. The van der Waals surface area contributed by atoms with Crippen molar-refractivity contribution in [3.63, 3.8) is 0 Å². The molecule has 0 spiro atoms. The van der Waals surface area contributed by atoms with Crippen molar-refractivity contribution in [3.8, 4) is 0 Å². The smallest absolute Gasteiger partial charge is 0.255 e. The zero-order valence-electron chi connectivity index (χ0n) is 3.96. The van der Waals surface area contributed by atoms with Crippen molar-refractivity contribution in [3.05, 3.63) is 0 Å². The van der Waals surface area contributed by atoms with Crippen LogP contribution in [0, 0.1) is 0 Å². The van der Waals surface area contributed by atoms with Gasteiger partial charge in [-0.25, -0.2) is 5.09 Å². The molecule has 0 bridgehead atoms. The van der Waals surface area contributed by atoms with Crippen molar-refractivity contribution in [2.75, 3.05) is 6.54 Å². The van der Waals surface area contributed by atoms with Crippen LogP contribution in [0.5, 0.6) is 0 Å². The van der Waals surface area contributed by atoms with Crippen molar-refractivity contribution in [2.45, 2.75) is 6.92 Å².